The smallest absolute Gasteiger partial charge is 0.463 e. The number of unbranched alkanes of at least 4 members (excludes halogenated alkanes) is 40. The summed E-state index contributed by atoms with van der Waals surface area (Å²) >= 11 is 0. The highest BCUT2D eigenvalue weighted by Crippen LogP contribution is 2.45. The minimum Gasteiger partial charge on any atom is -0.463 e. The molecule has 0 fully saturated rings. The number of aliphatic hydroxyl groups is 2. The first-order valence-corrected chi connectivity index (χ1v) is 49.1. The molecule has 5 atom stereocenters. The lowest BCUT2D eigenvalue weighted by molar-refractivity contribution is -0.161. The Labute approximate surface area is 702 Å². The number of phosphoric acid groups is 2. The fourth-order valence-electron chi connectivity index (χ4n) is 12.5. The second-order valence-corrected chi connectivity index (χ2v) is 33.6. The number of carbonyl (C=O) groups is 3. The van der Waals surface area contributed by atoms with Crippen LogP contribution in [0.25, 0.3) is 0 Å². The molecule has 0 aliphatic heterocycles. The highest BCUT2D eigenvalue weighted by Gasteiger charge is 2.29. The van der Waals surface area contributed by atoms with Crippen molar-refractivity contribution in [1.29, 1.82) is 0 Å². The van der Waals surface area contributed by atoms with Crippen LogP contribution in [0.5, 0.6) is 0 Å². The van der Waals surface area contributed by atoms with Gasteiger partial charge in [0.1, 0.15) is 25.4 Å². The summed E-state index contributed by atoms with van der Waals surface area (Å²) in [4.78, 5) is 58.8. The predicted octanol–water partition coefficient (Wildman–Crippen LogP) is 28.3. The van der Waals surface area contributed by atoms with Gasteiger partial charge in [-0.3, -0.25) is 32.5 Å². The maximum Gasteiger partial charge on any atom is 0.472 e. The Bertz CT molecular complexity index is 2670. The Morgan fingerprint density at radius 2 is 0.478 bits per heavy atom. The van der Waals surface area contributed by atoms with Crippen molar-refractivity contribution < 1.29 is 75.8 Å². The fraction of sp³-hybridized carbons (Fsp3) is 0.722. The summed E-state index contributed by atoms with van der Waals surface area (Å²) < 4.78 is 61.3. The van der Waals surface area contributed by atoms with E-state index in [1.54, 1.807) is 0 Å². The molecule has 18 heteroatoms. The van der Waals surface area contributed by atoms with E-state index < -0.39 is 91.5 Å². The molecule has 115 heavy (non-hydrogen) atoms. The van der Waals surface area contributed by atoms with Gasteiger partial charge in [-0.05, 0) is 141 Å². The second-order valence-electron chi connectivity index (χ2n) is 30.7. The van der Waals surface area contributed by atoms with Crippen LogP contribution in [-0.2, 0) is 55.8 Å². The van der Waals surface area contributed by atoms with Crippen molar-refractivity contribution >= 4 is 33.6 Å². The van der Waals surface area contributed by atoms with Crippen molar-refractivity contribution in [3.63, 3.8) is 0 Å². The maximum absolute atomic E-state index is 13.0. The topological polar surface area (TPSA) is 231 Å². The zero-order valence-corrected chi connectivity index (χ0v) is 74.7. The number of hydrogen-bond acceptors (Lipinski definition) is 14. The molecule has 0 saturated heterocycles. The van der Waals surface area contributed by atoms with Gasteiger partial charge >= 0.3 is 33.6 Å². The van der Waals surface area contributed by atoms with Crippen molar-refractivity contribution in [2.45, 2.75) is 411 Å². The number of esters is 3. The number of carbonyl (C=O) groups excluding carboxylic acids is 3. The predicted molar refractivity (Wildman–Crippen MR) is 482 cm³/mol. The maximum atomic E-state index is 13.0. The normalized spacial score (nSPS) is 14.5. The van der Waals surface area contributed by atoms with Crippen LogP contribution in [0.15, 0.2) is 146 Å². The number of allylic oxidation sites excluding steroid dienone is 24. The summed E-state index contributed by atoms with van der Waals surface area (Å²) in [7, 11) is -9.80. The quantitative estimate of drug-likeness (QED) is 0.0146. The number of ether oxygens (including phenoxy) is 3. The number of rotatable bonds is 87. The average Bonchev–Trinajstić information content (AvgIpc) is 0.905. The zero-order valence-electron chi connectivity index (χ0n) is 72.9. The van der Waals surface area contributed by atoms with Crippen LogP contribution in [0.1, 0.15) is 393 Å². The van der Waals surface area contributed by atoms with Gasteiger partial charge < -0.3 is 34.2 Å². The Kier molecular flexibility index (Phi) is 85.2. The molecule has 0 spiro atoms. The minimum absolute atomic E-state index is 0.0880. The molecular formula is C97H168O16P2. The molecule has 4 N–H and O–H groups in total. The molecule has 0 aliphatic rings. The van der Waals surface area contributed by atoms with E-state index in [2.05, 4.69) is 167 Å². The van der Waals surface area contributed by atoms with Gasteiger partial charge in [-0.2, -0.15) is 0 Å². The summed E-state index contributed by atoms with van der Waals surface area (Å²) in [6.07, 6.45) is 112. The van der Waals surface area contributed by atoms with E-state index in [1.165, 1.54) is 186 Å². The van der Waals surface area contributed by atoms with E-state index in [1.807, 2.05) is 0 Å². The third-order valence-electron chi connectivity index (χ3n) is 19.5. The van der Waals surface area contributed by atoms with Gasteiger partial charge in [0.05, 0.1) is 26.4 Å². The SMILES string of the molecule is CC/C=C\C/C=C\C/C=C\C/C=C\C/C=C\C/C=C\CCCCCCCCCCCCCCCCCCC(=O)OCC(O)COP(=O)(O)OCC(O)COP(=O)(O)OCC(COC(=O)CCCCCCCCCCCCCCCCC/C=C\C/C=C\C/C=C\C/C=C\CCCCC)OC(=O)CCCCCCC/C=C\C/C=C\CCC. The summed E-state index contributed by atoms with van der Waals surface area (Å²) in [5.74, 6) is -1.58. The van der Waals surface area contributed by atoms with Gasteiger partial charge in [0.25, 0.3) is 0 Å². The van der Waals surface area contributed by atoms with E-state index in [0.29, 0.717) is 19.3 Å². The van der Waals surface area contributed by atoms with E-state index in [0.717, 1.165) is 148 Å². The van der Waals surface area contributed by atoms with Crippen LogP contribution in [0, 0.1) is 0 Å². The Hall–Kier alpha value is -4.57. The zero-order chi connectivity index (χ0) is 83.6. The summed E-state index contributed by atoms with van der Waals surface area (Å²) in [6.45, 7) is 2.50. The van der Waals surface area contributed by atoms with E-state index in [4.69, 9.17) is 32.3 Å². The van der Waals surface area contributed by atoms with Crippen molar-refractivity contribution in [1.82, 2.24) is 0 Å². The molecule has 0 aromatic rings. The Balaban J connectivity index is 4.38. The molecule has 16 nitrogen and oxygen atoms in total. The van der Waals surface area contributed by atoms with Crippen molar-refractivity contribution in [2.24, 2.45) is 0 Å². The van der Waals surface area contributed by atoms with E-state index in [-0.39, 0.29) is 19.3 Å². The van der Waals surface area contributed by atoms with Gasteiger partial charge in [-0.1, -0.05) is 378 Å². The van der Waals surface area contributed by atoms with Crippen LogP contribution >= 0.6 is 15.6 Å². The lowest BCUT2D eigenvalue weighted by Crippen LogP contribution is -2.30. The van der Waals surface area contributed by atoms with Gasteiger partial charge in [0.15, 0.2) is 6.10 Å². The first kappa shape index (κ1) is 110. The molecule has 0 amide bonds. The number of aliphatic hydroxyl groups excluding tert-OH is 2. The molecule has 0 aromatic heterocycles. The van der Waals surface area contributed by atoms with Gasteiger partial charge in [-0.25, -0.2) is 9.13 Å². The van der Waals surface area contributed by atoms with Crippen LogP contribution < -0.4 is 0 Å². The van der Waals surface area contributed by atoms with Gasteiger partial charge in [-0.15, -0.1) is 0 Å². The molecule has 0 aromatic carbocycles. The number of hydrogen-bond donors (Lipinski definition) is 4. The highest BCUT2D eigenvalue weighted by atomic mass is 31.2. The first-order chi connectivity index (χ1) is 56.2. The third-order valence-corrected chi connectivity index (χ3v) is 21.4. The van der Waals surface area contributed by atoms with Crippen LogP contribution in [0.3, 0.4) is 0 Å². The lowest BCUT2D eigenvalue weighted by Gasteiger charge is -2.21. The summed E-state index contributed by atoms with van der Waals surface area (Å²) in [6, 6.07) is 0. The molecule has 0 radical (unpaired) electrons. The summed E-state index contributed by atoms with van der Waals surface area (Å²) in [5, 5.41) is 20.7. The molecule has 0 heterocycles. The molecular weight excluding hydrogens is 1480 g/mol. The monoisotopic (exact) mass is 1650 g/mol. The number of phosphoric ester groups is 2. The minimum atomic E-state index is -4.94. The lowest BCUT2D eigenvalue weighted by atomic mass is 10.0. The van der Waals surface area contributed by atoms with Crippen molar-refractivity contribution in [3.8, 4) is 0 Å². The molecule has 0 aliphatic carbocycles. The largest absolute Gasteiger partial charge is 0.472 e. The Morgan fingerprint density at radius 1 is 0.252 bits per heavy atom. The standard InChI is InChI=1S/C97H168O16P2/c1-4-7-10-13-16-19-22-25-27-29-31-33-35-37-39-41-43-44-45-46-48-50-51-53-55-57-59-61-63-66-68-71-74-77-80-83-95(100)107-86-92(98)87-109-114(103,104)110-88-93(99)89-111-115(105,106)112-91-94(113-97(102)85-82-79-76-73-70-65-24-21-18-15-12-9-6-3)90-108-96(101)84-81-78-75-72-69-67-64-62-60-58-56-54-52-49-47-42-40-38-36-34-32-30-28-26-23-20-17-14-11-8-5-2/h7,10,12,15-17,19-21,24-28,31-34,37-40,43-44,92-94,98-99H,4-6,8-9,11,13-14,18,22-23,29-30,35-36,41-42,45-91H2,1-3H3,(H,103,104)(H,105,106)/b10-7-,15-12-,19-16-,20-17-,24-21-,27-25-,28-26-,33-31-,34-32-,39-37-,40-38-,44-43-. The van der Waals surface area contributed by atoms with Crippen molar-refractivity contribution in [3.05, 3.63) is 146 Å². The second kappa shape index (κ2) is 88.7. The third kappa shape index (κ3) is 90.0. The van der Waals surface area contributed by atoms with Crippen LogP contribution in [0.4, 0.5) is 0 Å². The molecule has 662 valence electrons. The van der Waals surface area contributed by atoms with Gasteiger partial charge in [0, 0.05) is 19.3 Å². The van der Waals surface area contributed by atoms with Gasteiger partial charge in [0.2, 0.25) is 0 Å². The Morgan fingerprint density at radius 3 is 0.765 bits per heavy atom. The molecule has 5 unspecified atom stereocenters. The van der Waals surface area contributed by atoms with Crippen LogP contribution in [0.2, 0.25) is 0 Å². The molecule has 0 saturated carbocycles. The highest BCUT2D eigenvalue weighted by molar-refractivity contribution is 7.47. The van der Waals surface area contributed by atoms with Crippen LogP contribution in [-0.4, -0.2) is 95.9 Å². The van der Waals surface area contributed by atoms with E-state index >= 15 is 0 Å². The van der Waals surface area contributed by atoms with E-state index in [9.17, 15) is 43.5 Å². The average molecular weight is 1650 g/mol. The molecule has 0 rings (SSSR count). The summed E-state index contributed by atoms with van der Waals surface area (Å²) in [5.41, 5.74) is 0. The fourth-order valence-corrected chi connectivity index (χ4v) is 14.1. The van der Waals surface area contributed by atoms with Crippen molar-refractivity contribution in [2.75, 3.05) is 39.6 Å². The first-order valence-electron chi connectivity index (χ1n) is 46.1. The molecule has 0 bridgehead atoms.